The van der Waals surface area contributed by atoms with Gasteiger partial charge in [-0.2, -0.15) is 13.2 Å². The number of nitrogens with zero attached hydrogens (tertiary/aromatic N) is 4. The second-order valence-electron chi connectivity index (χ2n) is 7.06. The molecule has 3 rings (SSSR count). The van der Waals surface area contributed by atoms with E-state index in [-0.39, 0.29) is 18.7 Å². The molecule has 2 unspecified atom stereocenters. The second-order valence-corrected chi connectivity index (χ2v) is 7.46. The fraction of sp³-hybridized carbons (Fsp3) is 0.500. The maximum Gasteiger partial charge on any atom is 0.417 e. The van der Waals surface area contributed by atoms with Crippen LogP contribution in [-0.2, 0) is 17.5 Å². The number of aliphatic hydroxyl groups excluding tert-OH is 1. The highest BCUT2D eigenvalue weighted by atomic mass is 35.5. The third-order valence-corrected chi connectivity index (χ3v) is 5.36. The number of alkyl halides is 3. The number of hydrogen-bond donors (Lipinski definition) is 2. The van der Waals surface area contributed by atoms with Crippen LogP contribution in [0.25, 0.3) is 0 Å². The second kappa shape index (κ2) is 8.31. The highest BCUT2D eigenvalue weighted by Gasteiger charge is 2.51. The lowest BCUT2D eigenvalue weighted by Gasteiger charge is -2.40. The summed E-state index contributed by atoms with van der Waals surface area (Å²) in [7, 11) is 3.12. The van der Waals surface area contributed by atoms with Gasteiger partial charge in [0.2, 0.25) is 0 Å². The number of carbonyl (C=O) groups is 2. The highest BCUT2D eigenvalue weighted by molar-refractivity contribution is 6.31. The number of urea groups is 1. The molecule has 8 nitrogen and oxygen atoms in total. The van der Waals surface area contributed by atoms with Gasteiger partial charge in [-0.15, -0.1) is 0 Å². The van der Waals surface area contributed by atoms with Crippen molar-refractivity contribution in [1.29, 1.82) is 0 Å². The van der Waals surface area contributed by atoms with Crippen LogP contribution in [0.5, 0.6) is 0 Å². The van der Waals surface area contributed by atoms with Crippen LogP contribution in [0.3, 0.4) is 0 Å². The molecule has 3 amide bonds. The molecule has 2 heterocycles. The number of carbonyl (C=O) groups excluding carboxylic acids is 2. The van der Waals surface area contributed by atoms with Crippen molar-refractivity contribution < 1.29 is 27.9 Å². The van der Waals surface area contributed by atoms with E-state index >= 15 is 0 Å². The summed E-state index contributed by atoms with van der Waals surface area (Å²) in [5.74, 6) is -0.157. The van der Waals surface area contributed by atoms with E-state index in [1.165, 1.54) is 18.0 Å². The van der Waals surface area contributed by atoms with E-state index in [0.29, 0.717) is 18.9 Å². The van der Waals surface area contributed by atoms with Crippen LogP contribution < -0.4 is 5.32 Å². The van der Waals surface area contributed by atoms with Gasteiger partial charge in [-0.25, -0.2) is 9.79 Å². The van der Waals surface area contributed by atoms with Crippen molar-refractivity contribution in [1.82, 2.24) is 20.0 Å². The molecule has 0 radical (unpaired) electrons. The Balaban J connectivity index is 1.83. The Bertz CT molecular complexity index is 879. The number of rotatable bonds is 5. The highest BCUT2D eigenvalue weighted by Crippen LogP contribution is 2.36. The van der Waals surface area contributed by atoms with Crippen LogP contribution >= 0.6 is 11.6 Å². The van der Waals surface area contributed by atoms with Crippen molar-refractivity contribution in [3.8, 4) is 0 Å². The molecule has 164 valence electrons. The van der Waals surface area contributed by atoms with Crippen LogP contribution in [0, 0.1) is 0 Å². The molecule has 0 spiro atoms. The van der Waals surface area contributed by atoms with Gasteiger partial charge in [-0.3, -0.25) is 9.69 Å². The maximum atomic E-state index is 13.1. The fourth-order valence-corrected chi connectivity index (χ4v) is 3.66. The minimum atomic E-state index is -4.65. The number of nitrogens with one attached hydrogen (secondary N) is 1. The summed E-state index contributed by atoms with van der Waals surface area (Å²) >= 11 is 5.64. The topological polar surface area (TPSA) is 88.5 Å². The number of aliphatic imine (C=N–C) groups is 1. The third-order valence-electron chi connectivity index (χ3n) is 5.03. The van der Waals surface area contributed by atoms with Gasteiger partial charge in [0, 0.05) is 27.2 Å². The fourth-order valence-electron chi connectivity index (χ4n) is 3.43. The normalized spacial score (nSPS) is 21.8. The molecular formula is C18H21ClF3N5O3. The van der Waals surface area contributed by atoms with Gasteiger partial charge in [0.15, 0.2) is 18.2 Å². The molecule has 0 aliphatic carbocycles. The van der Waals surface area contributed by atoms with Gasteiger partial charge in [0.25, 0.3) is 5.91 Å². The molecule has 1 aromatic rings. The summed E-state index contributed by atoms with van der Waals surface area (Å²) in [5.41, 5.74) is -0.898. The molecule has 2 atom stereocenters. The maximum absolute atomic E-state index is 13.1. The molecule has 2 aliphatic heterocycles. The zero-order valence-electron chi connectivity index (χ0n) is 16.3. The lowest BCUT2D eigenvalue weighted by Crippen LogP contribution is -2.64. The first-order chi connectivity index (χ1) is 14.1. The van der Waals surface area contributed by atoms with Crippen molar-refractivity contribution in [3.63, 3.8) is 0 Å². The summed E-state index contributed by atoms with van der Waals surface area (Å²) in [5, 5.41) is 11.5. The predicted octanol–water partition coefficient (Wildman–Crippen LogP) is 1.72. The smallest absolute Gasteiger partial charge is 0.396 e. The molecule has 0 saturated carbocycles. The lowest BCUT2D eigenvalue weighted by molar-refractivity contribution is -0.137. The van der Waals surface area contributed by atoms with Gasteiger partial charge < -0.3 is 20.2 Å². The number of aliphatic hydroxyl groups is 1. The number of imide groups is 1. The van der Waals surface area contributed by atoms with Crippen LogP contribution in [0.4, 0.5) is 18.0 Å². The molecule has 1 saturated heterocycles. The van der Waals surface area contributed by atoms with Crippen LogP contribution in [-0.4, -0.2) is 77.2 Å². The Morgan fingerprint density at radius 3 is 2.57 bits per heavy atom. The molecule has 2 aliphatic rings. The van der Waals surface area contributed by atoms with Crippen LogP contribution in [0.1, 0.15) is 17.5 Å². The molecule has 0 aromatic heterocycles. The van der Waals surface area contributed by atoms with Gasteiger partial charge in [-0.05, 0) is 24.1 Å². The van der Waals surface area contributed by atoms with Gasteiger partial charge >= 0.3 is 12.2 Å². The average molecular weight is 448 g/mol. The van der Waals surface area contributed by atoms with Crippen molar-refractivity contribution in [2.24, 2.45) is 4.99 Å². The van der Waals surface area contributed by atoms with E-state index in [9.17, 15) is 22.8 Å². The Labute approximate surface area is 175 Å². The van der Waals surface area contributed by atoms with Crippen molar-refractivity contribution in [3.05, 3.63) is 34.3 Å². The number of amides is 3. The van der Waals surface area contributed by atoms with E-state index < -0.39 is 40.9 Å². The van der Waals surface area contributed by atoms with Crippen LogP contribution in [0.15, 0.2) is 23.2 Å². The SMILES string of the molecule is CN1C(=O)N(Cc2ccc(Cl)c(C(F)(F)F)c2)C(=O)C2C1N=C(NCCCO)N2C. The number of hydrogen-bond acceptors (Lipinski definition) is 6. The summed E-state index contributed by atoms with van der Waals surface area (Å²) in [6, 6.07) is 1.82. The molecule has 30 heavy (non-hydrogen) atoms. The Kier molecular flexibility index (Phi) is 6.14. The zero-order chi connectivity index (χ0) is 22.2. The van der Waals surface area contributed by atoms with Gasteiger partial charge in [0.05, 0.1) is 17.1 Å². The summed E-state index contributed by atoms with van der Waals surface area (Å²) in [6.07, 6.45) is -4.92. The number of likely N-dealkylation sites (N-methyl/N-ethyl adjacent to an activating group) is 2. The summed E-state index contributed by atoms with van der Waals surface area (Å²) < 4.78 is 39.4. The van der Waals surface area contributed by atoms with E-state index in [2.05, 4.69) is 10.3 Å². The van der Waals surface area contributed by atoms with Gasteiger partial charge in [0.1, 0.15) is 0 Å². The molecule has 2 N–H and O–H groups in total. The quantitative estimate of drug-likeness (QED) is 0.671. The molecule has 0 bridgehead atoms. The molecule has 12 heteroatoms. The van der Waals surface area contributed by atoms with Crippen molar-refractivity contribution in [2.75, 3.05) is 27.2 Å². The first-order valence-corrected chi connectivity index (χ1v) is 9.53. The third kappa shape index (κ3) is 4.04. The number of benzene rings is 1. The number of halogens is 4. The minimum Gasteiger partial charge on any atom is -0.396 e. The standard InChI is InChI=1S/C18H21ClF3N5O3/c1-25-13-14(24-16(25)23-6-3-7-28)26(2)17(30)27(15(13)29)9-10-4-5-12(19)11(8-10)18(20,21)22/h4-5,8,13-14,28H,3,6-7,9H2,1-2H3,(H,23,24). The minimum absolute atomic E-state index is 0.0110. The van der Waals surface area contributed by atoms with Crippen molar-refractivity contribution >= 4 is 29.5 Å². The monoisotopic (exact) mass is 447 g/mol. The largest absolute Gasteiger partial charge is 0.417 e. The zero-order valence-corrected chi connectivity index (χ0v) is 17.0. The Morgan fingerprint density at radius 1 is 1.23 bits per heavy atom. The Hall–Kier alpha value is -2.53. The van der Waals surface area contributed by atoms with E-state index in [1.807, 2.05) is 0 Å². The van der Waals surface area contributed by atoms with E-state index in [4.69, 9.17) is 16.7 Å². The molecule has 1 aromatic carbocycles. The van der Waals surface area contributed by atoms with E-state index in [1.54, 1.807) is 11.9 Å². The van der Waals surface area contributed by atoms with E-state index in [0.717, 1.165) is 17.0 Å². The summed E-state index contributed by atoms with van der Waals surface area (Å²) in [6.45, 7) is 0.0925. The number of guanidine groups is 1. The summed E-state index contributed by atoms with van der Waals surface area (Å²) in [4.78, 5) is 34.0. The lowest BCUT2D eigenvalue weighted by atomic mass is 10.1. The first-order valence-electron chi connectivity index (χ1n) is 9.15. The first kappa shape index (κ1) is 22.2. The molecule has 1 fully saturated rings. The average Bonchev–Trinajstić information content (AvgIpc) is 3.01. The van der Waals surface area contributed by atoms with Gasteiger partial charge in [-0.1, -0.05) is 17.7 Å². The van der Waals surface area contributed by atoms with Crippen LogP contribution in [0.2, 0.25) is 5.02 Å². The number of fused-ring (bicyclic) bond motifs is 1. The van der Waals surface area contributed by atoms with Crippen molar-refractivity contribution in [2.45, 2.75) is 31.3 Å². The molecular weight excluding hydrogens is 427 g/mol. The predicted molar refractivity (Wildman–Crippen MR) is 103 cm³/mol. The Morgan fingerprint density at radius 2 is 1.93 bits per heavy atom.